The summed E-state index contributed by atoms with van der Waals surface area (Å²) < 4.78 is 4.20. The molecule has 0 aliphatic rings. The number of aliphatic hydroxyl groups is 1. The van der Waals surface area contributed by atoms with Crippen LogP contribution in [-0.4, -0.2) is 9.48 Å². The average molecular weight is 261 g/mol. The molecule has 1 aromatic carbocycles. The van der Waals surface area contributed by atoms with E-state index in [1.54, 1.807) is 0 Å². The lowest BCUT2D eigenvalue weighted by atomic mass is 9.96. The van der Waals surface area contributed by atoms with Gasteiger partial charge in [-0.2, -0.15) is 4.37 Å². The van der Waals surface area contributed by atoms with Gasteiger partial charge in [-0.05, 0) is 48.0 Å². The van der Waals surface area contributed by atoms with Crippen LogP contribution in [0.15, 0.2) is 30.3 Å². The molecule has 2 aromatic rings. The topological polar surface area (TPSA) is 33.1 Å². The van der Waals surface area contributed by atoms with Gasteiger partial charge in [-0.1, -0.05) is 38.1 Å². The standard InChI is InChI=1S/C15H19NOS/c1-4-10(2)12-5-7-13(8-6-12)15(17)14-9-11(3)16-18-14/h5-10,15,17H,4H2,1-3H3/t10-,15+/m0/s1. The highest BCUT2D eigenvalue weighted by molar-refractivity contribution is 7.05. The van der Waals surface area contributed by atoms with Gasteiger partial charge in [-0.25, -0.2) is 0 Å². The average Bonchev–Trinajstić information content (AvgIpc) is 2.84. The molecule has 0 saturated carbocycles. The van der Waals surface area contributed by atoms with Gasteiger partial charge in [0.1, 0.15) is 6.10 Å². The van der Waals surface area contributed by atoms with Gasteiger partial charge in [0.15, 0.2) is 0 Å². The quantitative estimate of drug-likeness (QED) is 0.900. The van der Waals surface area contributed by atoms with Gasteiger partial charge in [0.25, 0.3) is 0 Å². The molecular formula is C15H19NOS. The first kappa shape index (κ1) is 13.2. The van der Waals surface area contributed by atoms with Gasteiger partial charge in [0.2, 0.25) is 0 Å². The summed E-state index contributed by atoms with van der Waals surface area (Å²) in [4.78, 5) is 0.906. The van der Waals surface area contributed by atoms with E-state index in [0.717, 1.165) is 22.6 Å². The summed E-state index contributed by atoms with van der Waals surface area (Å²) in [5, 5.41) is 10.3. The second kappa shape index (κ2) is 5.63. The van der Waals surface area contributed by atoms with Gasteiger partial charge in [-0.15, -0.1) is 0 Å². The number of aromatic nitrogens is 1. The Labute approximate surface area is 112 Å². The molecule has 3 heteroatoms. The molecule has 1 aromatic heterocycles. The normalized spacial score (nSPS) is 14.4. The number of aryl methyl sites for hydroxylation is 1. The van der Waals surface area contributed by atoms with Crippen LogP contribution < -0.4 is 0 Å². The Bertz CT molecular complexity index is 503. The first-order valence-corrected chi connectivity index (χ1v) is 7.10. The van der Waals surface area contributed by atoms with E-state index in [1.807, 2.05) is 25.1 Å². The van der Waals surface area contributed by atoms with Crippen molar-refractivity contribution >= 4 is 11.5 Å². The molecule has 2 nitrogen and oxygen atoms in total. The zero-order valence-electron chi connectivity index (χ0n) is 11.1. The van der Waals surface area contributed by atoms with E-state index < -0.39 is 6.10 Å². The molecule has 0 aliphatic carbocycles. The van der Waals surface area contributed by atoms with Crippen LogP contribution in [0.4, 0.5) is 0 Å². The molecule has 2 rings (SSSR count). The van der Waals surface area contributed by atoms with Crippen LogP contribution in [0.2, 0.25) is 0 Å². The minimum Gasteiger partial charge on any atom is -0.383 e. The Hall–Kier alpha value is -1.19. The fourth-order valence-corrected chi connectivity index (χ4v) is 2.68. The van der Waals surface area contributed by atoms with E-state index in [0.29, 0.717) is 5.92 Å². The zero-order valence-corrected chi connectivity index (χ0v) is 11.9. The Morgan fingerprint density at radius 3 is 2.33 bits per heavy atom. The van der Waals surface area contributed by atoms with Crippen LogP contribution in [-0.2, 0) is 0 Å². The fourth-order valence-electron chi connectivity index (χ4n) is 1.92. The lowest BCUT2D eigenvalue weighted by molar-refractivity contribution is 0.224. The largest absolute Gasteiger partial charge is 0.383 e. The first-order valence-electron chi connectivity index (χ1n) is 6.33. The van der Waals surface area contributed by atoms with E-state index >= 15 is 0 Å². The van der Waals surface area contributed by atoms with Crippen molar-refractivity contribution in [3.05, 3.63) is 52.0 Å². The predicted octanol–water partition coefficient (Wildman–Crippen LogP) is 4.05. The maximum Gasteiger partial charge on any atom is 0.115 e. The van der Waals surface area contributed by atoms with Crippen molar-refractivity contribution in [2.24, 2.45) is 0 Å². The molecule has 0 unspecified atom stereocenters. The van der Waals surface area contributed by atoms with Gasteiger partial charge < -0.3 is 5.11 Å². The Balaban J connectivity index is 2.19. The van der Waals surface area contributed by atoms with Crippen molar-refractivity contribution < 1.29 is 5.11 Å². The van der Waals surface area contributed by atoms with E-state index in [9.17, 15) is 5.11 Å². The van der Waals surface area contributed by atoms with Crippen molar-refractivity contribution in [3.63, 3.8) is 0 Å². The number of hydrogen-bond donors (Lipinski definition) is 1. The summed E-state index contributed by atoms with van der Waals surface area (Å²) in [6, 6.07) is 10.2. The Morgan fingerprint density at radius 1 is 1.22 bits per heavy atom. The summed E-state index contributed by atoms with van der Waals surface area (Å²) in [5.41, 5.74) is 3.23. The first-order chi connectivity index (χ1) is 8.61. The molecule has 1 heterocycles. The van der Waals surface area contributed by atoms with E-state index in [4.69, 9.17) is 0 Å². The van der Waals surface area contributed by atoms with Gasteiger partial charge in [0.05, 0.1) is 10.6 Å². The van der Waals surface area contributed by atoms with E-state index in [2.05, 4.69) is 30.4 Å². The molecule has 0 fully saturated rings. The maximum absolute atomic E-state index is 10.3. The Kier molecular flexibility index (Phi) is 4.15. The van der Waals surface area contributed by atoms with Crippen molar-refractivity contribution in [3.8, 4) is 0 Å². The highest BCUT2D eigenvalue weighted by atomic mass is 32.1. The summed E-state index contributed by atoms with van der Waals surface area (Å²) in [6.45, 7) is 6.35. The van der Waals surface area contributed by atoms with E-state index in [1.165, 1.54) is 17.1 Å². The monoisotopic (exact) mass is 261 g/mol. The number of nitrogens with zero attached hydrogens (tertiary/aromatic N) is 1. The number of hydrogen-bond acceptors (Lipinski definition) is 3. The van der Waals surface area contributed by atoms with E-state index in [-0.39, 0.29) is 0 Å². The smallest absolute Gasteiger partial charge is 0.115 e. The lowest BCUT2D eigenvalue weighted by Crippen LogP contribution is -1.98. The summed E-state index contributed by atoms with van der Waals surface area (Å²) in [6.07, 6.45) is 0.581. The molecule has 0 amide bonds. The SMILES string of the molecule is CC[C@H](C)c1ccc([C@@H](O)c2cc(C)ns2)cc1. The van der Waals surface area contributed by atoms with Crippen LogP contribution in [0.3, 0.4) is 0 Å². The summed E-state index contributed by atoms with van der Waals surface area (Å²) in [5.74, 6) is 0.571. The third-order valence-corrected chi connectivity index (χ3v) is 4.28. The van der Waals surface area contributed by atoms with Crippen molar-refractivity contribution in [2.75, 3.05) is 0 Å². The number of aliphatic hydroxyl groups excluding tert-OH is 1. The fraction of sp³-hybridized carbons (Fsp3) is 0.400. The lowest BCUT2D eigenvalue weighted by Gasteiger charge is -2.12. The zero-order chi connectivity index (χ0) is 13.1. The minimum atomic E-state index is -0.554. The van der Waals surface area contributed by atoms with Crippen molar-refractivity contribution in [1.82, 2.24) is 4.37 Å². The summed E-state index contributed by atoms with van der Waals surface area (Å²) >= 11 is 1.37. The number of rotatable bonds is 4. The molecular weight excluding hydrogens is 242 g/mol. The molecule has 96 valence electrons. The van der Waals surface area contributed by atoms with Crippen LogP contribution in [0, 0.1) is 6.92 Å². The van der Waals surface area contributed by atoms with Crippen LogP contribution >= 0.6 is 11.5 Å². The van der Waals surface area contributed by atoms with Gasteiger partial charge in [-0.3, -0.25) is 0 Å². The summed E-state index contributed by atoms with van der Waals surface area (Å²) in [7, 11) is 0. The van der Waals surface area contributed by atoms with Crippen molar-refractivity contribution in [1.29, 1.82) is 0 Å². The van der Waals surface area contributed by atoms with Gasteiger partial charge in [0, 0.05) is 0 Å². The molecule has 18 heavy (non-hydrogen) atoms. The molecule has 0 aliphatic heterocycles. The molecule has 0 saturated heterocycles. The minimum absolute atomic E-state index is 0.554. The second-order valence-electron chi connectivity index (χ2n) is 4.75. The van der Waals surface area contributed by atoms with Crippen LogP contribution in [0.5, 0.6) is 0 Å². The third-order valence-electron chi connectivity index (χ3n) is 3.35. The highest BCUT2D eigenvalue weighted by Gasteiger charge is 2.13. The second-order valence-corrected chi connectivity index (χ2v) is 5.59. The van der Waals surface area contributed by atoms with Crippen molar-refractivity contribution in [2.45, 2.75) is 39.2 Å². The number of benzene rings is 1. The molecule has 0 radical (unpaired) electrons. The molecule has 2 atom stereocenters. The predicted molar refractivity (Wildman–Crippen MR) is 76.1 cm³/mol. The molecule has 0 bridgehead atoms. The van der Waals surface area contributed by atoms with Crippen LogP contribution in [0.1, 0.15) is 54.0 Å². The maximum atomic E-state index is 10.3. The Morgan fingerprint density at radius 2 is 1.83 bits per heavy atom. The van der Waals surface area contributed by atoms with Crippen LogP contribution in [0.25, 0.3) is 0 Å². The van der Waals surface area contributed by atoms with Gasteiger partial charge >= 0.3 is 0 Å². The molecule has 1 N–H and O–H groups in total. The third kappa shape index (κ3) is 2.79. The molecule has 0 spiro atoms. The highest BCUT2D eigenvalue weighted by Crippen LogP contribution is 2.27.